The molecule has 8 heteroatoms. The van der Waals surface area contributed by atoms with Gasteiger partial charge in [0.1, 0.15) is 12.6 Å². The number of carboxylic acids is 1. The Labute approximate surface area is 187 Å². The Bertz CT molecular complexity index is 1130. The Morgan fingerprint density at radius 1 is 1.03 bits per heavy atom. The van der Waals surface area contributed by atoms with Crippen molar-refractivity contribution in [2.45, 2.75) is 18.4 Å². The molecule has 0 spiro atoms. The van der Waals surface area contributed by atoms with Crippen LogP contribution >= 0.6 is 11.6 Å². The van der Waals surface area contributed by atoms with Gasteiger partial charge in [-0.1, -0.05) is 60.1 Å². The lowest BCUT2D eigenvalue weighted by molar-refractivity contribution is -0.139. The molecule has 1 aliphatic rings. The summed E-state index contributed by atoms with van der Waals surface area (Å²) in [6, 6.07) is 16.2. The molecule has 0 radical (unpaired) electrons. The van der Waals surface area contributed by atoms with E-state index >= 15 is 0 Å². The number of benzene rings is 3. The molecule has 164 valence electrons. The summed E-state index contributed by atoms with van der Waals surface area (Å²) in [5.41, 5.74) is 4.30. The van der Waals surface area contributed by atoms with E-state index in [9.17, 15) is 23.5 Å². The largest absolute Gasteiger partial charge is 0.480 e. The first-order valence-corrected chi connectivity index (χ1v) is 10.2. The topological polar surface area (TPSA) is 75.6 Å². The van der Waals surface area contributed by atoms with Crippen molar-refractivity contribution < 1.29 is 28.2 Å². The number of nitrogens with one attached hydrogen (secondary N) is 1. The number of hydrogen-bond donors (Lipinski definition) is 2. The van der Waals surface area contributed by atoms with Crippen LogP contribution in [0.5, 0.6) is 0 Å². The maximum Gasteiger partial charge on any atom is 0.407 e. The van der Waals surface area contributed by atoms with Crippen LogP contribution in [0.25, 0.3) is 11.1 Å². The summed E-state index contributed by atoms with van der Waals surface area (Å²) in [7, 11) is 0. The number of hydrogen-bond acceptors (Lipinski definition) is 3. The van der Waals surface area contributed by atoms with Gasteiger partial charge in [0.05, 0.1) is 5.02 Å². The van der Waals surface area contributed by atoms with Gasteiger partial charge in [-0.25, -0.2) is 18.4 Å². The van der Waals surface area contributed by atoms with Crippen LogP contribution in [0.3, 0.4) is 0 Å². The first-order chi connectivity index (χ1) is 15.3. The van der Waals surface area contributed by atoms with E-state index in [1.54, 1.807) is 0 Å². The summed E-state index contributed by atoms with van der Waals surface area (Å²) in [5, 5.41) is 11.2. The van der Waals surface area contributed by atoms with Crippen LogP contribution in [0, 0.1) is 11.6 Å². The Morgan fingerprint density at radius 3 is 2.19 bits per heavy atom. The summed E-state index contributed by atoms with van der Waals surface area (Å²) in [6.45, 7) is 0.0171. The van der Waals surface area contributed by atoms with E-state index < -0.39 is 34.8 Å². The van der Waals surface area contributed by atoms with E-state index in [0.717, 1.165) is 34.4 Å². The number of rotatable bonds is 6. The monoisotopic (exact) mass is 457 g/mol. The van der Waals surface area contributed by atoms with Crippen LogP contribution in [0.4, 0.5) is 13.6 Å². The van der Waals surface area contributed by atoms with Gasteiger partial charge in [-0.15, -0.1) is 0 Å². The highest BCUT2D eigenvalue weighted by Crippen LogP contribution is 2.44. The molecule has 1 aliphatic carbocycles. The van der Waals surface area contributed by atoms with Crippen molar-refractivity contribution in [2.24, 2.45) is 0 Å². The Balaban J connectivity index is 1.44. The molecule has 32 heavy (non-hydrogen) atoms. The smallest absolute Gasteiger partial charge is 0.407 e. The highest BCUT2D eigenvalue weighted by Gasteiger charge is 2.30. The summed E-state index contributed by atoms with van der Waals surface area (Å²) in [6.07, 6.45) is -1.22. The number of amides is 1. The van der Waals surface area contributed by atoms with Gasteiger partial charge in [0.25, 0.3) is 0 Å². The molecule has 5 nitrogen and oxygen atoms in total. The SMILES string of the molecule is O=C(N[C@@H](Cc1cc(F)c(F)c(Cl)c1)C(=O)O)OCC1c2ccccc2-c2ccccc21. The van der Waals surface area contributed by atoms with Gasteiger partial charge < -0.3 is 15.2 Å². The van der Waals surface area contributed by atoms with Crippen molar-refractivity contribution in [3.8, 4) is 11.1 Å². The quantitative estimate of drug-likeness (QED) is 0.502. The van der Waals surface area contributed by atoms with Gasteiger partial charge >= 0.3 is 12.1 Å². The summed E-state index contributed by atoms with van der Waals surface area (Å²) in [5.74, 6) is -3.94. The van der Waals surface area contributed by atoms with E-state index in [2.05, 4.69) is 5.32 Å². The van der Waals surface area contributed by atoms with E-state index in [0.29, 0.717) is 0 Å². The van der Waals surface area contributed by atoms with Crippen LogP contribution in [-0.2, 0) is 16.0 Å². The minimum atomic E-state index is -1.41. The average Bonchev–Trinajstić information content (AvgIpc) is 3.09. The molecule has 0 bridgehead atoms. The van der Waals surface area contributed by atoms with Crippen molar-refractivity contribution in [1.29, 1.82) is 0 Å². The molecule has 3 aromatic carbocycles. The van der Waals surface area contributed by atoms with Gasteiger partial charge in [0, 0.05) is 12.3 Å². The van der Waals surface area contributed by atoms with E-state index in [1.807, 2.05) is 48.5 Å². The van der Waals surface area contributed by atoms with Crippen molar-refractivity contribution in [3.63, 3.8) is 0 Å². The number of carbonyl (C=O) groups is 2. The van der Waals surface area contributed by atoms with Crippen LogP contribution in [0.2, 0.25) is 5.02 Å². The fraction of sp³-hybridized carbons (Fsp3) is 0.167. The molecule has 0 fully saturated rings. The lowest BCUT2D eigenvalue weighted by Gasteiger charge is -2.18. The van der Waals surface area contributed by atoms with E-state index in [4.69, 9.17) is 16.3 Å². The number of fused-ring (bicyclic) bond motifs is 3. The highest BCUT2D eigenvalue weighted by molar-refractivity contribution is 6.30. The number of ether oxygens (including phenoxy) is 1. The number of alkyl carbamates (subject to hydrolysis) is 1. The standard InChI is InChI=1S/C24H18ClF2NO4/c25-19-9-13(10-20(26)22(19)27)11-21(23(29)30)28-24(31)32-12-18-16-7-3-1-5-14(16)15-6-2-4-8-17(15)18/h1-10,18,21H,11-12H2,(H,28,31)(H,29,30)/t21-/m0/s1. The second-order valence-electron chi connectivity index (χ2n) is 7.44. The molecular formula is C24H18ClF2NO4. The molecule has 0 saturated carbocycles. The molecule has 3 aromatic rings. The summed E-state index contributed by atoms with van der Waals surface area (Å²) < 4.78 is 32.3. The minimum Gasteiger partial charge on any atom is -0.480 e. The second-order valence-corrected chi connectivity index (χ2v) is 7.85. The number of halogens is 3. The first-order valence-electron chi connectivity index (χ1n) is 9.83. The lowest BCUT2D eigenvalue weighted by atomic mass is 9.98. The zero-order valence-electron chi connectivity index (χ0n) is 16.6. The molecular weight excluding hydrogens is 440 g/mol. The molecule has 1 atom stereocenters. The first kappa shape index (κ1) is 21.8. The predicted molar refractivity (Wildman–Crippen MR) is 115 cm³/mol. The van der Waals surface area contributed by atoms with Gasteiger partial charge in [0.15, 0.2) is 11.6 Å². The van der Waals surface area contributed by atoms with Gasteiger partial charge in [-0.3, -0.25) is 0 Å². The van der Waals surface area contributed by atoms with Gasteiger partial charge in [-0.2, -0.15) is 0 Å². The predicted octanol–water partition coefficient (Wildman–Crippen LogP) is 5.15. The summed E-state index contributed by atoms with van der Waals surface area (Å²) >= 11 is 5.62. The maximum atomic E-state index is 13.6. The highest BCUT2D eigenvalue weighted by atomic mass is 35.5. The van der Waals surface area contributed by atoms with Crippen molar-refractivity contribution >= 4 is 23.7 Å². The molecule has 0 saturated heterocycles. The zero-order chi connectivity index (χ0) is 22.8. The third-order valence-corrected chi connectivity index (χ3v) is 5.69. The fourth-order valence-corrected chi connectivity index (χ4v) is 4.17. The molecule has 0 aliphatic heterocycles. The van der Waals surface area contributed by atoms with Gasteiger partial charge in [-0.05, 0) is 39.9 Å². The van der Waals surface area contributed by atoms with Crippen molar-refractivity contribution in [3.05, 3.63) is 94.0 Å². The molecule has 0 heterocycles. The van der Waals surface area contributed by atoms with Crippen LogP contribution < -0.4 is 5.32 Å². The molecule has 4 rings (SSSR count). The maximum absolute atomic E-state index is 13.6. The Hall–Kier alpha value is -3.45. The molecule has 1 amide bonds. The molecule has 0 aromatic heterocycles. The normalized spacial score (nSPS) is 13.2. The van der Waals surface area contributed by atoms with Gasteiger partial charge in [0.2, 0.25) is 0 Å². The second kappa shape index (κ2) is 8.96. The fourth-order valence-electron chi connectivity index (χ4n) is 3.94. The van der Waals surface area contributed by atoms with Crippen molar-refractivity contribution in [1.82, 2.24) is 5.32 Å². The Kier molecular flexibility index (Phi) is 6.10. The molecule has 0 unspecified atom stereocenters. The molecule has 2 N–H and O–H groups in total. The van der Waals surface area contributed by atoms with E-state index in [1.165, 1.54) is 0 Å². The zero-order valence-corrected chi connectivity index (χ0v) is 17.4. The minimum absolute atomic E-state index is 0.0171. The third-order valence-electron chi connectivity index (χ3n) is 5.42. The van der Waals surface area contributed by atoms with E-state index in [-0.39, 0.29) is 24.5 Å². The van der Waals surface area contributed by atoms with Crippen molar-refractivity contribution in [2.75, 3.05) is 6.61 Å². The van der Waals surface area contributed by atoms with Crippen LogP contribution in [-0.4, -0.2) is 29.8 Å². The van der Waals surface area contributed by atoms with Crippen LogP contribution in [0.15, 0.2) is 60.7 Å². The number of carbonyl (C=O) groups excluding carboxylic acids is 1. The van der Waals surface area contributed by atoms with Crippen LogP contribution in [0.1, 0.15) is 22.6 Å². The summed E-state index contributed by atoms with van der Waals surface area (Å²) in [4.78, 5) is 24.0. The third kappa shape index (κ3) is 4.29. The Morgan fingerprint density at radius 2 is 1.62 bits per heavy atom. The number of aliphatic carboxylic acids is 1. The number of carboxylic acid groups (broad SMARTS) is 1. The lowest BCUT2D eigenvalue weighted by Crippen LogP contribution is -2.43. The average molecular weight is 458 g/mol.